The minimum Gasteiger partial charge on any atom is -0.354 e. The molecule has 3 heteroatoms. The standard InChI is InChI=1S/C18H31N3/c1-6-7-10-21(16-8-9-16)17-12-15(11-14(2)20-17)13-19-18(3,4)5/h11-12,16,19H,6-10,13H2,1-5H3. The number of anilines is 1. The Labute approximate surface area is 130 Å². The maximum atomic E-state index is 4.79. The van der Waals surface area contributed by atoms with Crippen molar-refractivity contribution in [1.82, 2.24) is 10.3 Å². The van der Waals surface area contributed by atoms with Crippen molar-refractivity contribution in [2.45, 2.75) is 78.4 Å². The molecule has 1 heterocycles. The highest BCUT2D eigenvalue weighted by Crippen LogP contribution is 2.31. The Morgan fingerprint density at radius 3 is 2.57 bits per heavy atom. The van der Waals surface area contributed by atoms with Crippen LogP contribution in [-0.2, 0) is 6.54 Å². The zero-order valence-corrected chi connectivity index (χ0v) is 14.4. The van der Waals surface area contributed by atoms with Gasteiger partial charge in [0.2, 0.25) is 0 Å². The summed E-state index contributed by atoms with van der Waals surface area (Å²) in [5.74, 6) is 1.18. The van der Waals surface area contributed by atoms with Crippen molar-refractivity contribution in [1.29, 1.82) is 0 Å². The van der Waals surface area contributed by atoms with Crippen LogP contribution in [-0.4, -0.2) is 23.1 Å². The van der Waals surface area contributed by atoms with Crippen molar-refractivity contribution in [3.63, 3.8) is 0 Å². The van der Waals surface area contributed by atoms with Crippen molar-refractivity contribution in [3.05, 3.63) is 23.4 Å². The molecular weight excluding hydrogens is 258 g/mol. The van der Waals surface area contributed by atoms with E-state index in [2.05, 4.69) is 57.0 Å². The summed E-state index contributed by atoms with van der Waals surface area (Å²) in [6.45, 7) is 13.0. The van der Waals surface area contributed by atoms with Crippen LogP contribution in [0, 0.1) is 6.92 Å². The average molecular weight is 289 g/mol. The van der Waals surface area contributed by atoms with Crippen LogP contribution in [0.15, 0.2) is 12.1 Å². The molecule has 1 aromatic rings. The molecule has 1 aliphatic rings. The van der Waals surface area contributed by atoms with E-state index in [1.54, 1.807) is 0 Å². The number of rotatable bonds is 7. The minimum absolute atomic E-state index is 0.149. The first-order valence-corrected chi connectivity index (χ1v) is 8.38. The highest BCUT2D eigenvalue weighted by molar-refractivity contribution is 5.45. The van der Waals surface area contributed by atoms with E-state index < -0.39 is 0 Å². The Bertz CT molecular complexity index is 458. The van der Waals surface area contributed by atoms with Crippen molar-refractivity contribution >= 4 is 5.82 Å². The molecule has 0 unspecified atom stereocenters. The van der Waals surface area contributed by atoms with Crippen molar-refractivity contribution < 1.29 is 0 Å². The van der Waals surface area contributed by atoms with Gasteiger partial charge < -0.3 is 10.2 Å². The highest BCUT2D eigenvalue weighted by atomic mass is 15.2. The van der Waals surface area contributed by atoms with E-state index >= 15 is 0 Å². The predicted molar refractivity (Wildman–Crippen MR) is 90.8 cm³/mol. The first kappa shape index (κ1) is 16.3. The second kappa shape index (κ2) is 6.78. The summed E-state index contributed by atoms with van der Waals surface area (Å²) >= 11 is 0. The quantitative estimate of drug-likeness (QED) is 0.821. The van der Waals surface area contributed by atoms with Gasteiger partial charge in [-0.25, -0.2) is 4.98 Å². The van der Waals surface area contributed by atoms with Crippen LogP contribution in [0.25, 0.3) is 0 Å². The van der Waals surface area contributed by atoms with Crippen molar-refractivity contribution in [2.75, 3.05) is 11.4 Å². The molecule has 0 spiro atoms. The smallest absolute Gasteiger partial charge is 0.129 e. The third-order valence-corrected chi connectivity index (χ3v) is 3.86. The van der Waals surface area contributed by atoms with Crippen LogP contribution >= 0.6 is 0 Å². The molecule has 0 atom stereocenters. The Morgan fingerprint density at radius 1 is 1.29 bits per heavy atom. The van der Waals surface area contributed by atoms with Gasteiger partial charge in [-0.2, -0.15) is 0 Å². The Balaban J connectivity index is 2.12. The van der Waals surface area contributed by atoms with E-state index in [0.29, 0.717) is 0 Å². The van der Waals surface area contributed by atoms with Gasteiger partial charge in [0.1, 0.15) is 5.82 Å². The van der Waals surface area contributed by atoms with Gasteiger partial charge in [0, 0.05) is 30.4 Å². The zero-order valence-electron chi connectivity index (χ0n) is 14.4. The summed E-state index contributed by atoms with van der Waals surface area (Å²) in [5.41, 5.74) is 2.62. The van der Waals surface area contributed by atoms with E-state index in [0.717, 1.165) is 24.8 Å². The number of pyridine rings is 1. The van der Waals surface area contributed by atoms with E-state index in [4.69, 9.17) is 4.98 Å². The van der Waals surface area contributed by atoms with Crippen LogP contribution < -0.4 is 10.2 Å². The summed E-state index contributed by atoms with van der Waals surface area (Å²) in [5, 5.41) is 3.57. The van der Waals surface area contributed by atoms with E-state index in [-0.39, 0.29) is 5.54 Å². The Morgan fingerprint density at radius 2 is 2.00 bits per heavy atom. The monoisotopic (exact) mass is 289 g/mol. The predicted octanol–water partition coefficient (Wildman–Crippen LogP) is 4.05. The van der Waals surface area contributed by atoms with Gasteiger partial charge in [0.05, 0.1) is 0 Å². The van der Waals surface area contributed by atoms with Gasteiger partial charge in [-0.15, -0.1) is 0 Å². The van der Waals surface area contributed by atoms with Gasteiger partial charge in [0.15, 0.2) is 0 Å². The van der Waals surface area contributed by atoms with Crippen LogP contribution in [0.4, 0.5) is 5.82 Å². The molecule has 1 aromatic heterocycles. The fourth-order valence-electron chi connectivity index (χ4n) is 2.54. The third-order valence-electron chi connectivity index (χ3n) is 3.86. The maximum Gasteiger partial charge on any atom is 0.129 e. The maximum absolute atomic E-state index is 4.79. The third kappa shape index (κ3) is 5.31. The molecule has 0 aromatic carbocycles. The van der Waals surface area contributed by atoms with Gasteiger partial charge in [0.25, 0.3) is 0 Å². The number of aryl methyl sites for hydroxylation is 1. The van der Waals surface area contributed by atoms with Gasteiger partial charge in [-0.3, -0.25) is 0 Å². The summed E-state index contributed by atoms with van der Waals surface area (Å²) in [6.07, 6.45) is 5.15. The highest BCUT2D eigenvalue weighted by Gasteiger charge is 2.29. The topological polar surface area (TPSA) is 28.2 Å². The fourth-order valence-corrected chi connectivity index (χ4v) is 2.54. The molecule has 1 saturated carbocycles. The fraction of sp³-hybridized carbons (Fsp3) is 0.722. The Hall–Kier alpha value is -1.09. The number of hydrogen-bond acceptors (Lipinski definition) is 3. The van der Waals surface area contributed by atoms with Gasteiger partial charge >= 0.3 is 0 Å². The largest absolute Gasteiger partial charge is 0.354 e. The van der Waals surface area contributed by atoms with Crippen molar-refractivity contribution in [2.24, 2.45) is 0 Å². The molecule has 1 fully saturated rings. The van der Waals surface area contributed by atoms with Crippen LogP contribution in [0.1, 0.15) is 64.6 Å². The Kier molecular flexibility index (Phi) is 5.26. The van der Waals surface area contributed by atoms with Crippen LogP contribution in [0.5, 0.6) is 0 Å². The molecular formula is C18H31N3. The second-order valence-corrected chi connectivity index (χ2v) is 7.36. The van der Waals surface area contributed by atoms with E-state index in [1.807, 2.05) is 0 Å². The molecule has 1 N–H and O–H groups in total. The number of aromatic nitrogens is 1. The van der Waals surface area contributed by atoms with Crippen molar-refractivity contribution in [3.8, 4) is 0 Å². The lowest BCUT2D eigenvalue weighted by Gasteiger charge is -2.25. The molecule has 0 bridgehead atoms. The van der Waals surface area contributed by atoms with E-state index in [9.17, 15) is 0 Å². The number of unbranched alkanes of at least 4 members (excludes halogenated alkanes) is 1. The minimum atomic E-state index is 0.149. The normalized spacial score (nSPS) is 15.3. The van der Waals surface area contributed by atoms with Gasteiger partial charge in [-0.1, -0.05) is 13.3 Å². The molecule has 3 nitrogen and oxygen atoms in total. The number of nitrogens with one attached hydrogen (secondary N) is 1. The SMILES string of the molecule is CCCCN(c1cc(CNC(C)(C)C)cc(C)n1)C1CC1. The van der Waals surface area contributed by atoms with Gasteiger partial charge in [-0.05, 0) is 64.7 Å². The molecule has 1 aliphatic carbocycles. The molecule has 0 aliphatic heterocycles. The molecule has 0 saturated heterocycles. The summed E-state index contributed by atoms with van der Waals surface area (Å²) in [7, 11) is 0. The average Bonchev–Trinajstić information content (AvgIpc) is 3.20. The second-order valence-electron chi connectivity index (χ2n) is 7.36. The molecule has 21 heavy (non-hydrogen) atoms. The lowest BCUT2D eigenvalue weighted by Crippen LogP contribution is -2.35. The molecule has 0 amide bonds. The van der Waals surface area contributed by atoms with E-state index in [1.165, 1.54) is 37.1 Å². The summed E-state index contributed by atoms with van der Waals surface area (Å²) < 4.78 is 0. The molecule has 2 rings (SSSR count). The number of nitrogens with zero attached hydrogens (tertiary/aromatic N) is 2. The first-order valence-electron chi connectivity index (χ1n) is 8.38. The number of hydrogen-bond donors (Lipinski definition) is 1. The molecule has 0 radical (unpaired) electrons. The lowest BCUT2D eigenvalue weighted by atomic mass is 10.1. The zero-order chi connectivity index (χ0) is 15.5. The molecule has 118 valence electrons. The van der Waals surface area contributed by atoms with Crippen LogP contribution in [0.3, 0.4) is 0 Å². The summed E-state index contributed by atoms with van der Waals surface area (Å²) in [6, 6.07) is 5.21. The summed E-state index contributed by atoms with van der Waals surface area (Å²) in [4.78, 5) is 7.32. The first-order chi connectivity index (χ1) is 9.89. The lowest BCUT2D eigenvalue weighted by molar-refractivity contribution is 0.424. The van der Waals surface area contributed by atoms with Crippen LogP contribution in [0.2, 0.25) is 0 Å².